The average molecular weight is 509 g/mol. The minimum atomic E-state index is -3.84. The summed E-state index contributed by atoms with van der Waals surface area (Å²) in [5.74, 6) is -1.72. The molecule has 12 heteroatoms. The zero-order valence-electron chi connectivity index (χ0n) is 18.1. The monoisotopic (exact) mass is 508 g/mol. The summed E-state index contributed by atoms with van der Waals surface area (Å²) in [4.78, 5) is 15.3. The molecular weight excluding hydrogens is 487 g/mol. The van der Waals surface area contributed by atoms with Gasteiger partial charge in [-0.05, 0) is 48.0 Å². The summed E-state index contributed by atoms with van der Waals surface area (Å²) in [7, 11) is -6.06. The van der Waals surface area contributed by atoms with Crippen LogP contribution in [0.5, 0.6) is 5.75 Å². The van der Waals surface area contributed by atoms with E-state index in [1.54, 1.807) is 12.1 Å². The van der Waals surface area contributed by atoms with E-state index in [0.29, 0.717) is 5.56 Å². The number of carboxylic acid groups (broad SMARTS) is 1. The highest BCUT2D eigenvalue weighted by molar-refractivity contribution is 7.90. The van der Waals surface area contributed by atoms with Gasteiger partial charge in [-0.1, -0.05) is 12.1 Å². The lowest BCUT2D eigenvalue weighted by Crippen LogP contribution is -2.26. The van der Waals surface area contributed by atoms with Crippen molar-refractivity contribution >= 4 is 25.8 Å². The molecule has 3 rings (SSSR count). The van der Waals surface area contributed by atoms with E-state index in [1.807, 2.05) is 0 Å². The zero-order valence-corrected chi connectivity index (χ0v) is 19.8. The van der Waals surface area contributed by atoms with Gasteiger partial charge in [0.25, 0.3) is 0 Å². The van der Waals surface area contributed by atoms with Crippen molar-refractivity contribution in [1.29, 1.82) is 0 Å². The number of sulfone groups is 1. The Labute approximate surface area is 196 Å². The normalized spacial score (nSPS) is 12.9. The Balaban J connectivity index is 1.75. The standard InChI is InChI=1S/C22H21FN2O7S2/c1-25(34(30,31)19-9-5-17(23)6-10-19)14-15-3-7-18(8-4-15)32-21(22(26)27)16-11-20(13-24-12-16)33(2,28)29/h3-13,21H,14H2,1-2H3,(H,26,27). The van der Waals surface area contributed by atoms with E-state index in [4.69, 9.17) is 4.74 Å². The Hall–Kier alpha value is -3.35. The summed E-state index contributed by atoms with van der Waals surface area (Å²) in [5.41, 5.74) is 0.637. The molecule has 1 heterocycles. The summed E-state index contributed by atoms with van der Waals surface area (Å²) in [6.45, 7) is 0.00265. The van der Waals surface area contributed by atoms with Crippen molar-refractivity contribution in [3.05, 3.63) is 83.9 Å². The minimum Gasteiger partial charge on any atom is -0.478 e. The molecule has 3 aromatic rings. The van der Waals surface area contributed by atoms with Gasteiger partial charge in [0.15, 0.2) is 9.84 Å². The Kier molecular flexibility index (Phi) is 7.34. The van der Waals surface area contributed by atoms with Gasteiger partial charge in [-0.2, -0.15) is 4.31 Å². The molecule has 0 fully saturated rings. The van der Waals surface area contributed by atoms with Crippen molar-refractivity contribution in [2.75, 3.05) is 13.3 Å². The first-order chi connectivity index (χ1) is 15.9. The second-order valence-electron chi connectivity index (χ2n) is 7.42. The molecule has 180 valence electrons. The molecule has 1 atom stereocenters. The molecule has 34 heavy (non-hydrogen) atoms. The summed E-state index contributed by atoms with van der Waals surface area (Å²) in [6.07, 6.45) is 1.79. The van der Waals surface area contributed by atoms with Crippen molar-refractivity contribution in [3.63, 3.8) is 0 Å². The van der Waals surface area contributed by atoms with E-state index in [0.717, 1.165) is 28.9 Å². The predicted octanol–water partition coefficient (Wildman–Crippen LogP) is 2.65. The van der Waals surface area contributed by atoms with Crippen LogP contribution in [0.3, 0.4) is 0 Å². The van der Waals surface area contributed by atoms with Crippen LogP contribution in [0, 0.1) is 5.82 Å². The smallest absolute Gasteiger partial charge is 0.349 e. The van der Waals surface area contributed by atoms with Crippen LogP contribution in [-0.2, 0) is 31.2 Å². The number of carbonyl (C=O) groups is 1. The van der Waals surface area contributed by atoms with Gasteiger partial charge >= 0.3 is 5.97 Å². The quantitative estimate of drug-likeness (QED) is 0.467. The molecule has 9 nitrogen and oxygen atoms in total. The molecule has 0 bridgehead atoms. The number of aromatic nitrogens is 1. The second-order valence-corrected chi connectivity index (χ2v) is 11.5. The molecule has 1 aromatic heterocycles. The minimum absolute atomic E-state index is 0.00265. The zero-order chi connectivity index (χ0) is 25.1. The lowest BCUT2D eigenvalue weighted by molar-refractivity contribution is -0.145. The van der Waals surface area contributed by atoms with E-state index in [-0.39, 0.29) is 27.6 Å². The molecule has 1 N–H and O–H groups in total. The molecule has 0 aliphatic heterocycles. The topological polar surface area (TPSA) is 131 Å². The Morgan fingerprint density at radius 2 is 1.65 bits per heavy atom. The van der Waals surface area contributed by atoms with Gasteiger partial charge in [0.05, 0.1) is 9.79 Å². The van der Waals surface area contributed by atoms with Crippen LogP contribution < -0.4 is 4.74 Å². The maximum Gasteiger partial charge on any atom is 0.349 e. The molecule has 0 radical (unpaired) electrons. The van der Waals surface area contributed by atoms with Crippen molar-refractivity contribution in [2.24, 2.45) is 0 Å². The molecule has 2 aromatic carbocycles. The fourth-order valence-corrected chi connectivity index (χ4v) is 4.74. The van der Waals surface area contributed by atoms with Crippen LogP contribution in [-0.4, -0.2) is 50.5 Å². The van der Waals surface area contributed by atoms with E-state index in [2.05, 4.69) is 4.98 Å². The van der Waals surface area contributed by atoms with Crippen LogP contribution in [0.25, 0.3) is 0 Å². The Morgan fingerprint density at radius 1 is 1.03 bits per heavy atom. The molecule has 0 saturated heterocycles. The third kappa shape index (κ3) is 5.95. The number of nitrogens with zero attached hydrogens (tertiary/aromatic N) is 2. The Morgan fingerprint density at radius 3 is 2.21 bits per heavy atom. The van der Waals surface area contributed by atoms with Crippen LogP contribution >= 0.6 is 0 Å². The lowest BCUT2D eigenvalue weighted by atomic mass is 10.1. The number of ether oxygens (including phenoxy) is 1. The first-order valence-electron chi connectivity index (χ1n) is 9.73. The molecule has 0 spiro atoms. The van der Waals surface area contributed by atoms with E-state index < -0.39 is 37.8 Å². The van der Waals surface area contributed by atoms with E-state index in [1.165, 1.54) is 43.6 Å². The number of hydrogen-bond acceptors (Lipinski definition) is 7. The number of carboxylic acids is 1. The summed E-state index contributed by atoms with van der Waals surface area (Å²) >= 11 is 0. The fourth-order valence-electron chi connectivity index (χ4n) is 2.98. The number of benzene rings is 2. The first-order valence-corrected chi connectivity index (χ1v) is 13.1. The SMILES string of the molecule is CN(Cc1ccc(OC(C(=O)O)c2cncc(S(C)(=O)=O)c2)cc1)S(=O)(=O)c1ccc(F)cc1. The predicted molar refractivity (Wildman–Crippen MR) is 120 cm³/mol. The summed E-state index contributed by atoms with van der Waals surface area (Å²) < 4.78 is 68.5. The number of halogens is 1. The number of rotatable bonds is 9. The van der Waals surface area contributed by atoms with Crippen LogP contribution in [0.4, 0.5) is 4.39 Å². The highest BCUT2D eigenvalue weighted by Gasteiger charge is 2.25. The average Bonchev–Trinajstić information content (AvgIpc) is 2.78. The largest absolute Gasteiger partial charge is 0.478 e. The van der Waals surface area contributed by atoms with Gasteiger partial charge in [-0.3, -0.25) is 4.98 Å². The van der Waals surface area contributed by atoms with Gasteiger partial charge in [0.2, 0.25) is 16.1 Å². The van der Waals surface area contributed by atoms with Crippen molar-refractivity contribution in [3.8, 4) is 5.75 Å². The molecular formula is C22H21FN2O7S2. The number of aliphatic carboxylic acids is 1. The molecule has 0 aliphatic rings. The summed E-state index contributed by atoms with van der Waals surface area (Å²) in [5, 5.41) is 9.57. The third-order valence-corrected chi connectivity index (χ3v) is 7.69. The molecule has 0 amide bonds. The van der Waals surface area contributed by atoms with Crippen molar-refractivity contribution in [1.82, 2.24) is 9.29 Å². The highest BCUT2D eigenvalue weighted by atomic mass is 32.2. The van der Waals surface area contributed by atoms with Crippen LogP contribution in [0.1, 0.15) is 17.2 Å². The number of sulfonamides is 1. The second kappa shape index (κ2) is 9.87. The summed E-state index contributed by atoms with van der Waals surface area (Å²) in [6, 6.07) is 11.7. The highest BCUT2D eigenvalue weighted by Crippen LogP contribution is 2.25. The third-order valence-electron chi connectivity index (χ3n) is 4.79. The van der Waals surface area contributed by atoms with Gasteiger partial charge < -0.3 is 9.84 Å². The number of pyridine rings is 1. The Bertz CT molecular complexity index is 1390. The van der Waals surface area contributed by atoms with Crippen molar-refractivity contribution < 1.29 is 35.9 Å². The van der Waals surface area contributed by atoms with E-state index in [9.17, 15) is 31.1 Å². The lowest BCUT2D eigenvalue weighted by Gasteiger charge is -2.18. The molecule has 0 aliphatic carbocycles. The maximum atomic E-state index is 13.1. The maximum absolute atomic E-state index is 13.1. The van der Waals surface area contributed by atoms with E-state index >= 15 is 0 Å². The van der Waals surface area contributed by atoms with Gasteiger partial charge in [-0.25, -0.2) is 26.0 Å². The van der Waals surface area contributed by atoms with Gasteiger partial charge in [0, 0.05) is 37.8 Å². The van der Waals surface area contributed by atoms with Gasteiger partial charge in [-0.15, -0.1) is 0 Å². The van der Waals surface area contributed by atoms with Gasteiger partial charge in [0.1, 0.15) is 11.6 Å². The fraction of sp³-hybridized carbons (Fsp3) is 0.182. The first kappa shape index (κ1) is 25.3. The van der Waals surface area contributed by atoms with Crippen LogP contribution in [0.2, 0.25) is 0 Å². The van der Waals surface area contributed by atoms with Crippen molar-refractivity contribution in [2.45, 2.75) is 22.4 Å². The van der Waals surface area contributed by atoms with Crippen LogP contribution in [0.15, 0.2) is 76.8 Å². The number of hydrogen-bond donors (Lipinski definition) is 1. The molecule has 1 unspecified atom stereocenters. The molecule has 0 saturated carbocycles.